The fourth-order valence-electron chi connectivity index (χ4n) is 2.72. The maximum absolute atomic E-state index is 8.83. The first-order valence-electron chi connectivity index (χ1n) is 4.32. The Labute approximate surface area is 75.3 Å². The lowest BCUT2D eigenvalue weighted by Gasteiger charge is -2.66. The first kappa shape index (κ1) is 6.96. The number of nitriles is 1. The van der Waals surface area contributed by atoms with Crippen LogP contribution < -0.4 is 5.73 Å². The molecule has 3 saturated carbocycles. The van der Waals surface area contributed by atoms with Gasteiger partial charge in [-0.05, 0) is 19.3 Å². The maximum Gasteiger partial charge on any atom is 0.222 e. The van der Waals surface area contributed by atoms with Crippen LogP contribution in [0.4, 0.5) is 5.88 Å². The van der Waals surface area contributed by atoms with E-state index in [1.807, 2.05) is 0 Å². The van der Waals surface area contributed by atoms with Crippen molar-refractivity contribution in [2.45, 2.75) is 24.7 Å². The van der Waals surface area contributed by atoms with Gasteiger partial charge in [-0.3, -0.25) is 0 Å². The van der Waals surface area contributed by atoms with Crippen molar-refractivity contribution < 1.29 is 4.52 Å². The lowest BCUT2D eigenvalue weighted by atomic mass is 9.35. The van der Waals surface area contributed by atoms with Gasteiger partial charge >= 0.3 is 0 Å². The van der Waals surface area contributed by atoms with E-state index in [9.17, 15) is 0 Å². The van der Waals surface area contributed by atoms with Crippen molar-refractivity contribution in [2.24, 2.45) is 5.41 Å². The summed E-state index contributed by atoms with van der Waals surface area (Å²) in [5, 5.41) is 12.7. The Hall–Kier alpha value is -1.50. The summed E-state index contributed by atoms with van der Waals surface area (Å²) < 4.78 is 4.82. The summed E-state index contributed by atoms with van der Waals surface area (Å²) in [6, 6.07) is 4.13. The SMILES string of the molecule is N#CC12CC(c3cc(N)on3)(C1)C2. The highest BCUT2D eigenvalue weighted by molar-refractivity contribution is 5.41. The zero-order valence-corrected chi connectivity index (χ0v) is 7.08. The van der Waals surface area contributed by atoms with Crippen LogP contribution in [0.15, 0.2) is 10.6 Å². The highest BCUT2D eigenvalue weighted by atomic mass is 16.5. The van der Waals surface area contributed by atoms with E-state index in [0.717, 1.165) is 25.0 Å². The third kappa shape index (κ3) is 0.637. The quantitative estimate of drug-likeness (QED) is 0.695. The lowest BCUT2D eigenvalue weighted by molar-refractivity contribution is -0.0970. The van der Waals surface area contributed by atoms with Crippen LogP contribution in [0.25, 0.3) is 0 Å². The lowest BCUT2D eigenvalue weighted by Crippen LogP contribution is -2.63. The highest BCUT2D eigenvalue weighted by Gasteiger charge is 2.70. The second-order valence-electron chi connectivity index (χ2n) is 4.32. The predicted octanol–water partition coefficient (Wildman–Crippen LogP) is 1.20. The molecule has 0 spiro atoms. The molecule has 4 heteroatoms. The number of hydrogen-bond donors (Lipinski definition) is 1. The standard InChI is InChI=1S/C9H9N3O/c10-5-8-2-9(3-8,4-8)6-1-7(11)13-12-6/h1H,2-4,11H2. The van der Waals surface area contributed by atoms with E-state index in [-0.39, 0.29) is 10.8 Å². The number of rotatable bonds is 1. The van der Waals surface area contributed by atoms with E-state index in [4.69, 9.17) is 15.5 Å². The van der Waals surface area contributed by atoms with Gasteiger partial charge in [0.1, 0.15) is 0 Å². The van der Waals surface area contributed by atoms with Crippen molar-refractivity contribution in [3.63, 3.8) is 0 Å². The van der Waals surface area contributed by atoms with E-state index >= 15 is 0 Å². The molecule has 0 saturated heterocycles. The van der Waals surface area contributed by atoms with E-state index in [0.29, 0.717) is 5.88 Å². The van der Waals surface area contributed by atoms with Crippen molar-refractivity contribution in [1.29, 1.82) is 5.26 Å². The normalized spacial score (nSPS) is 40.2. The summed E-state index contributed by atoms with van der Waals surface area (Å²) in [7, 11) is 0. The summed E-state index contributed by atoms with van der Waals surface area (Å²) in [6.07, 6.45) is 2.80. The molecule has 66 valence electrons. The summed E-state index contributed by atoms with van der Waals surface area (Å²) in [4.78, 5) is 0. The van der Waals surface area contributed by atoms with Crippen LogP contribution in [0.1, 0.15) is 25.0 Å². The second-order valence-corrected chi connectivity index (χ2v) is 4.32. The number of anilines is 1. The summed E-state index contributed by atoms with van der Waals surface area (Å²) >= 11 is 0. The van der Waals surface area contributed by atoms with E-state index in [2.05, 4.69) is 11.2 Å². The topological polar surface area (TPSA) is 75.8 Å². The number of hydrogen-bond acceptors (Lipinski definition) is 4. The van der Waals surface area contributed by atoms with Crippen LogP contribution in [0.2, 0.25) is 0 Å². The highest BCUT2D eigenvalue weighted by Crippen LogP contribution is 2.73. The average Bonchev–Trinajstić information content (AvgIpc) is 2.31. The molecule has 2 bridgehead atoms. The summed E-state index contributed by atoms with van der Waals surface area (Å²) in [5.74, 6) is 0.366. The number of aromatic nitrogens is 1. The maximum atomic E-state index is 8.83. The Bertz CT molecular complexity index is 395. The molecule has 0 amide bonds. The van der Waals surface area contributed by atoms with Gasteiger partial charge in [0.25, 0.3) is 0 Å². The Balaban J connectivity index is 1.89. The van der Waals surface area contributed by atoms with Gasteiger partial charge in [-0.15, -0.1) is 0 Å². The summed E-state index contributed by atoms with van der Waals surface area (Å²) in [5.41, 5.74) is 6.48. The second kappa shape index (κ2) is 1.72. The molecule has 1 aromatic rings. The number of nitrogens with two attached hydrogens (primary N) is 1. The minimum Gasteiger partial charge on any atom is -0.368 e. The Morgan fingerprint density at radius 1 is 1.54 bits per heavy atom. The van der Waals surface area contributed by atoms with Gasteiger partial charge in [0.15, 0.2) is 0 Å². The first-order valence-corrected chi connectivity index (χ1v) is 4.32. The van der Waals surface area contributed by atoms with Gasteiger partial charge in [0, 0.05) is 11.5 Å². The van der Waals surface area contributed by atoms with Gasteiger partial charge in [0.05, 0.1) is 17.2 Å². The monoisotopic (exact) mass is 175 g/mol. The average molecular weight is 175 g/mol. The molecule has 0 radical (unpaired) electrons. The van der Waals surface area contributed by atoms with Gasteiger partial charge in [0.2, 0.25) is 5.88 Å². The molecule has 4 rings (SSSR count). The fraction of sp³-hybridized carbons (Fsp3) is 0.556. The van der Waals surface area contributed by atoms with Gasteiger partial charge < -0.3 is 10.3 Å². The summed E-state index contributed by atoms with van der Waals surface area (Å²) in [6.45, 7) is 0. The van der Waals surface area contributed by atoms with E-state index in [1.165, 1.54) is 0 Å². The zero-order chi connectivity index (χ0) is 9.10. The van der Waals surface area contributed by atoms with Crippen molar-refractivity contribution in [2.75, 3.05) is 5.73 Å². The number of nitrogen functional groups attached to an aromatic ring is 1. The Morgan fingerprint density at radius 2 is 2.23 bits per heavy atom. The first-order chi connectivity index (χ1) is 6.18. The molecule has 13 heavy (non-hydrogen) atoms. The van der Waals surface area contributed by atoms with Crippen LogP contribution in [-0.2, 0) is 5.41 Å². The minimum atomic E-state index is -0.0340. The van der Waals surface area contributed by atoms with Crippen LogP contribution >= 0.6 is 0 Å². The van der Waals surface area contributed by atoms with E-state index < -0.39 is 0 Å². The van der Waals surface area contributed by atoms with Gasteiger partial charge in [-0.1, -0.05) is 5.16 Å². The molecule has 3 aliphatic carbocycles. The molecule has 0 aliphatic heterocycles. The molecule has 0 aromatic carbocycles. The number of nitrogens with zero attached hydrogens (tertiary/aromatic N) is 2. The van der Waals surface area contributed by atoms with Crippen LogP contribution in [0, 0.1) is 16.7 Å². The molecule has 4 nitrogen and oxygen atoms in total. The Kier molecular flexibility index (Phi) is 0.918. The van der Waals surface area contributed by atoms with E-state index in [1.54, 1.807) is 6.07 Å². The zero-order valence-electron chi connectivity index (χ0n) is 7.08. The molecular formula is C9H9N3O. The van der Waals surface area contributed by atoms with Crippen LogP contribution in [0.3, 0.4) is 0 Å². The molecular weight excluding hydrogens is 166 g/mol. The molecule has 2 N–H and O–H groups in total. The molecule has 0 atom stereocenters. The smallest absolute Gasteiger partial charge is 0.222 e. The molecule has 1 heterocycles. The third-order valence-corrected chi connectivity index (χ3v) is 3.34. The molecule has 0 unspecified atom stereocenters. The molecule has 1 aromatic heterocycles. The fourth-order valence-corrected chi connectivity index (χ4v) is 2.72. The van der Waals surface area contributed by atoms with Gasteiger partial charge in [-0.25, -0.2) is 0 Å². The molecule has 3 aliphatic rings. The van der Waals surface area contributed by atoms with Crippen LogP contribution in [0.5, 0.6) is 0 Å². The van der Waals surface area contributed by atoms with Crippen LogP contribution in [-0.4, -0.2) is 5.16 Å². The third-order valence-electron chi connectivity index (χ3n) is 3.34. The minimum absolute atomic E-state index is 0.0340. The van der Waals surface area contributed by atoms with Crippen molar-refractivity contribution >= 4 is 5.88 Å². The van der Waals surface area contributed by atoms with Crippen molar-refractivity contribution in [3.8, 4) is 6.07 Å². The van der Waals surface area contributed by atoms with Crippen molar-refractivity contribution in [1.82, 2.24) is 5.16 Å². The predicted molar refractivity (Wildman–Crippen MR) is 44.5 cm³/mol. The molecule has 3 fully saturated rings. The Morgan fingerprint density at radius 3 is 2.69 bits per heavy atom. The largest absolute Gasteiger partial charge is 0.368 e. The van der Waals surface area contributed by atoms with Crippen molar-refractivity contribution in [3.05, 3.63) is 11.8 Å². The van der Waals surface area contributed by atoms with Gasteiger partial charge in [-0.2, -0.15) is 5.26 Å².